The molecule has 0 unspecified atom stereocenters. The largest absolute Gasteiger partial charge is 0.494 e. The number of nitrogens with one attached hydrogen (secondary N) is 1. The first-order chi connectivity index (χ1) is 13.5. The zero-order valence-electron chi connectivity index (χ0n) is 15.5. The lowest BCUT2D eigenvalue weighted by molar-refractivity contribution is -0.0502. The maximum absolute atomic E-state index is 13.6. The number of nitrogens with zero attached hydrogens (tertiary/aromatic N) is 1. The molecule has 7 heteroatoms. The highest BCUT2D eigenvalue weighted by molar-refractivity contribution is 6.30. The van der Waals surface area contributed by atoms with E-state index < -0.39 is 5.82 Å². The van der Waals surface area contributed by atoms with Gasteiger partial charge in [-0.2, -0.15) is 0 Å². The van der Waals surface area contributed by atoms with Gasteiger partial charge in [0, 0.05) is 35.8 Å². The molecule has 5 nitrogen and oxygen atoms in total. The van der Waals surface area contributed by atoms with E-state index in [1.54, 1.807) is 0 Å². The molecule has 0 aliphatic carbocycles. The van der Waals surface area contributed by atoms with Crippen molar-refractivity contribution in [3.63, 3.8) is 0 Å². The summed E-state index contributed by atoms with van der Waals surface area (Å²) < 4.78 is 24.6. The normalized spacial score (nSPS) is 24.6. The molecular weight excluding hydrogens is 383 g/mol. The van der Waals surface area contributed by atoms with E-state index in [0.29, 0.717) is 17.2 Å². The number of rotatable bonds is 4. The van der Waals surface area contributed by atoms with Crippen molar-refractivity contribution in [2.45, 2.75) is 24.6 Å². The fraction of sp³-hybridized carbons (Fsp3) is 0.381. The monoisotopic (exact) mass is 404 g/mol. The highest BCUT2D eigenvalue weighted by Crippen LogP contribution is 2.31. The topological polar surface area (TPSA) is 50.8 Å². The second-order valence-corrected chi connectivity index (χ2v) is 7.67. The number of amides is 1. The fourth-order valence-corrected chi connectivity index (χ4v) is 4.05. The van der Waals surface area contributed by atoms with Crippen LogP contribution in [0.25, 0.3) is 0 Å². The molecule has 2 aromatic carbocycles. The van der Waals surface area contributed by atoms with Crippen molar-refractivity contribution < 1.29 is 18.7 Å². The van der Waals surface area contributed by atoms with Gasteiger partial charge in [-0.25, -0.2) is 4.39 Å². The average molecular weight is 405 g/mol. The number of halogens is 2. The lowest BCUT2D eigenvalue weighted by Crippen LogP contribution is -2.43. The highest BCUT2D eigenvalue weighted by atomic mass is 35.5. The minimum absolute atomic E-state index is 0.00401. The van der Waals surface area contributed by atoms with Crippen LogP contribution in [-0.4, -0.2) is 49.7 Å². The number of benzene rings is 2. The summed E-state index contributed by atoms with van der Waals surface area (Å²) in [6.07, 6.45) is 0.835. The quantitative estimate of drug-likeness (QED) is 0.848. The standard InChI is InChI=1S/C21H22ClFN2O3/c1-27-19-8-14(4-7-18(19)23)21(26)24-16-9-17-12-28-20(11-25(17)10-16)13-2-5-15(22)6-3-13/h2-8,16-17,20H,9-12H2,1H3,(H,24,26)/t16-,17-,20+/m0/s1. The van der Waals surface area contributed by atoms with Gasteiger partial charge < -0.3 is 14.8 Å². The van der Waals surface area contributed by atoms with Gasteiger partial charge in [-0.15, -0.1) is 0 Å². The van der Waals surface area contributed by atoms with E-state index in [9.17, 15) is 9.18 Å². The molecule has 3 atom stereocenters. The Bertz CT molecular complexity index is 861. The minimum Gasteiger partial charge on any atom is -0.494 e. The molecule has 2 heterocycles. The van der Waals surface area contributed by atoms with E-state index in [1.807, 2.05) is 24.3 Å². The van der Waals surface area contributed by atoms with Crippen LogP contribution in [0.5, 0.6) is 5.75 Å². The van der Waals surface area contributed by atoms with Crippen LogP contribution in [0.3, 0.4) is 0 Å². The van der Waals surface area contributed by atoms with Crippen molar-refractivity contribution in [3.05, 3.63) is 64.4 Å². The maximum atomic E-state index is 13.6. The Morgan fingerprint density at radius 3 is 2.79 bits per heavy atom. The van der Waals surface area contributed by atoms with E-state index in [-0.39, 0.29) is 29.8 Å². The number of fused-ring (bicyclic) bond motifs is 1. The molecule has 0 aromatic heterocycles. The third-order valence-electron chi connectivity index (χ3n) is 5.41. The second-order valence-electron chi connectivity index (χ2n) is 7.24. The van der Waals surface area contributed by atoms with E-state index in [4.69, 9.17) is 21.1 Å². The molecular formula is C21H22ClFN2O3. The van der Waals surface area contributed by atoms with Crippen LogP contribution in [0.15, 0.2) is 42.5 Å². The van der Waals surface area contributed by atoms with Crippen LogP contribution in [0.1, 0.15) is 28.4 Å². The van der Waals surface area contributed by atoms with E-state index in [0.717, 1.165) is 25.1 Å². The molecule has 2 saturated heterocycles. The van der Waals surface area contributed by atoms with Crippen molar-refractivity contribution in [3.8, 4) is 5.75 Å². The lowest BCUT2D eigenvalue weighted by Gasteiger charge is -2.35. The smallest absolute Gasteiger partial charge is 0.251 e. The number of hydrogen-bond acceptors (Lipinski definition) is 4. The second kappa shape index (κ2) is 8.07. The Hall–Kier alpha value is -2.15. The first kappa shape index (κ1) is 19.2. The van der Waals surface area contributed by atoms with E-state index in [2.05, 4.69) is 10.2 Å². The third-order valence-corrected chi connectivity index (χ3v) is 5.66. The number of hydrogen-bond donors (Lipinski definition) is 1. The molecule has 2 aliphatic rings. The molecule has 0 saturated carbocycles. The summed E-state index contributed by atoms with van der Waals surface area (Å²) >= 11 is 5.97. The molecule has 4 rings (SSSR count). The molecule has 2 fully saturated rings. The number of morpholine rings is 1. The minimum atomic E-state index is -0.484. The van der Waals surface area contributed by atoms with Crippen LogP contribution >= 0.6 is 11.6 Å². The molecule has 2 aromatic rings. The Labute approximate surface area is 168 Å². The van der Waals surface area contributed by atoms with Crippen molar-refractivity contribution in [2.75, 3.05) is 26.8 Å². The van der Waals surface area contributed by atoms with Gasteiger partial charge in [-0.3, -0.25) is 9.69 Å². The van der Waals surface area contributed by atoms with Crippen LogP contribution < -0.4 is 10.1 Å². The molecule has 0 radical (unpaired) electrons. The zero-order valence-corrected chi connectivity index (χ0v) is 16.3. The third kappa shape index (κ3) is 3.99. The first-order valence-electron chi connectivity index (χ1n) is 9.29. The summed E-state index contributed by atoms with van der Waals surface area (Å²) in [7, 11) is 1.38. The fourth-order valence-electron chi connectivity index (χ4n) is 3.93. The highest BCUT2D eigenvalue weighted by Gasteiger charge is 2.38. The van der Waals surface area contributed by atoms with Gasteiger partial charge >= 0.3 is 0 Å². The number of carbonyl (C=O) groups excluding carboxylic acids is 1. The van der Waals surface area contributed by atoms with Crippen LogP contribution in [0, 0.1) is 5.82 Å². The van der Waals surface area contributed by atoms with Gasteiger partial charge in [0.1, 0.15) is 0 Å². The zero-order chi connectivity index (χ0) is 19.7. The van der Waals surface area contributed by atoms with Gasteiger partial charge in [-0.1, -0.05) is 23.7 Å². The predicted molar refractivity (Wildman–Crippen MR) is 104 cm³/mol. The molecule has 0 spiro atoms. The molecule has 1 N–H and O–H groups in total. The number of ether oxygens (including phenoxy) is 2. The summed E-state index contributed by atoms with van der Waals surface area (Å²) in [4.78, 5) is 14.9. The van der Waals surface area contributed by atoms with Crippen molar-refractivity contribution in [1.82, 2.24) is 10.2 Å². The Kier molecular flexibility index (Phi) is 5.53. The van der Waals surface area contributed by atoms with Gasteiger partial charge in [0.15, 0.2) is 11.6 Å². The van der Waals surface area contributed by atoms with Crippen LogP contribution in [0.4, 0.5) is 4.39 Å². The summed E-state index contributed by atoms with van der Waals surface area (Å²) in [6.45, 7) is 2.18. The molecule has 0 bridgehead atoms. The maximum Gasteiger partial charge on any atom is 0.251 e. The molecule has 1 amide bonds. The SMILES string of the molecule is COc1cc(C(=O)N[C@H]2C[C@H]3CO[C@@H](c4ccc(Cl)cc4)CN3C2)ccc1F. The van der Waals surface area contributed by atoms with Gasteiger partial charge in [-0.05, 0) is 42.3 Å². The predicted octanol–water partition coefficient (Wildman–Crippen LogP) is 3.43. The van der Waals surface area contributed by atoms with Crippen molar-refractivity contribution in [2.24, 2.45) is 0 Å². The lowest BCUT2D eigenvalue weighted by atomic mass is 10.1. The van der Waals surface area contributed by atoms with Gasteiger partial charge in [0.05, 0.1) is 19.8 Å². The summed E-state index contributed by atoms with van der Waals surface area (Å²) in [5, 5.41) is 3.76. The summed E-state index contributed by atoms with van der Waals surface area (Å²) in [6, 6.07) is 12.2. The van der Waals surface area contributed by atoms with Gasteiger partial charge in [0.2, 0.25) is 0 Å². The molecule has 2 aliphatic heterocycles. The Morgan fingerprint density at radius 1 is 1.25 bits per heavy atom. The Balaban J connectivity index is 1.37. The van der Waals surface area contributed by atoms with E-state index in [1.165, 1.54) is 25.3 Å². The summed E-state index contributed by atoms with van der Waals surface area (Å²) in [5.74, 6) is -0.642. The van der Waals surface area contributed by atoms with E-state index >= 15 is 0 Å². The average Bonchev–Trinajstić information content (AvgIpc) is 3.10. The number of methoxy groups -OCH3 is 1. The van der Waals surface area contributed by atoms with Crippen LogP contribution in [0.2, 0.25) is 5.02 Å². The Morgan fingerprint density at radius 2 is 2.04 bits per heavy atom. The molecule has 148 valence electrons. The first-order valence-corrected chi connectivity index (χ1v) is 9.67. The van der Waals surface area contributed by atoms with Gasteiger partial charge in [0.25, 0.3) is 5.91 Å². The van der Waals surface area contributed by atoms with Crippen LogP contribution in [-0.2, 0) is 4.74 Å². The number of carbonyl (C=O) groups is 1. The molecule has 28 heavy (non-hydrogen) atoms. The van der Waals surface area contributed by atoms with Crippen molar-refractivity contribution >= 4 is 17.5 Å². The summed E-state index contributed by atoms with van der Waals surface area (Å²) in [5.41, 5.74) is 1.49. The van der Waals surface area contributed by atoms with Crippen molar-refractivity contribution in [1.29, 1.82) is 0 Å².